The van der Waals surface area contributed by atoms with E-state index in [0.717, 1.165) is 29.3 Å². The minimum atomic E-state index is -0.319. The van der Waals surface area contributed by atoms with E-state index in [-0.39, 0.29) is 17.7 Å². The molecule has 28 heavy (non-hydrogen) atoms. The normalized spacial score (nSPS) is 15.4. The second-order valence-corrected chi connectivity index (χ2v) is 7.59. The van der Waals surface area contributed by atoms with Gasteiger partial charge in [-0.3, -0.25) is 14.5 Å². The zero-order valence-electron chi connectivity index (χ0n) is 15.6. The van der Waals surface area contributed by atoms with Crippen LogP contribution in [0.25, 0.3) is 6.08 Å². The number of amides is 2. The van der Waals surface area contributed by atoms with Crippen molar-refractivity contribution in [1.82, 2.24) is 4.90 Å². The molecule has 0 radical (unpaired) electrons. The van der Waals surface area contributed by atoms with Gasteiger partial charge in [0.1, 0.15) is 0 Å². The van der Waals surface area contributed by atoms with E-state index in [9.17, 15) is 9.59 Å². The first-order valence-corrected chi connectivity index (χ1v) is 10.0. The lowest BCUT2D eigenvalue weighted by Crippen LogP contribution is -2.27. The monoisotopic (exact) mass is 417 g/mol. The fraction of sp³-hybridized carbons (Fsp3) is 0.238. The number of carbonyl (C=O) groups excluding carboxylic acids is 2. The van der Waals surface area contributed by atoms with Crippen LogP contribution in [0.4, 0.5) is 4.79 Å². The van der Waals surface area contributed by atoms with E-state index in [1.165, 1.54) is 4.90 Å². The number of ether oxygens (including phenoxy) is 2. The molecule has 7 heteroatoms. The van der Waals surface area contributed by atoms with Crippen molar-refractivity contribution in [2.24, 2.45) is 0 Å². The zero-order valence-corrected chi connectivity index (χ0v) is 17.2. The Bertz CT molecular complexity index is 928. The van der Waals surface area contributed by atoms with Gasteiger partial charge in [0.2, 0.25) is 0 Å². The van der Waals surface area contributed by atoms with Crippen LogP contribution in [0, 0.1) is 0 Å². The molecule has 2 amide bonds. The molecule has 1 aliphatic rings. The molecular formula is C21H20ClNO4S. The van der Waals surface area contributed by atoms with Crippen molar-refractivity contribution >= 4 is 40.6 Å². The van der Waals surface area contributed by atoms with E-state index in [1.807, 2.05) is 19.1 Å². The average Bonchev–Trinajstić information content (AvgIpc) is 2.94. The van der Waals surface area contributed by atoms with Gasteiger partial charge in [0.15, 0.2) is 11.5 Å². The third kappa shape index (κ3) is 4.69. The molecule has 2 aromatic carbocycles. The smallest absolute Gasteiger partial charge is 0.293 e. The highest BCUT2D eigenvalue weighted by atomic mass is 35.5. The maximum absolute atomic E-state index is 12.7. The standard InChI is InChI=1S/C21H20ClNO4S/c1-3-9-27-17-8-7-14(11-18(17)26-2)12-19-20(24)23(21(25)28-19)13-15-5-4-6-16(22)10-15/h4-8,10-12H,3,9,13H2,1-2H3/b19-12-. The van der Waals surface area contributed by atoms with Gasteiger partial charge < -0.3 is 9.47 Å². The van der Waals surface area contributed by atoms with Crippen LogP contribution in [0.1, 0.15) is 24.5 Å². The number of hydrogen-bond donors (Lipinski definition) is 0. The van der Waals surface area contributed by atoms with Crippen LogP contribution < -0.4 is 9.47 Å². The molecule has 0 saturated carbocycles. The minimum Gasteiger partial charge on any atom is -0.493 e. The molecule has 0 unspecified atom stereocenters. The van der Waals surface area contributed by atoms with Crippen molar-refractivity contribution in [3.63, 3.8) is 0 Å². The molecule has 0 aliphatic carbocycles. The zero-order chi connectivity index (χ0) is 20.1. The SMILES string of the molecule is CCCOc1ccc(/C=C2\SC(=O)N(Cc3cccc(Cl)c3)C2=O)cc1OC. The number of halogens is 1. The Morgan fingerprint density at radius 2 is 1.96 bits per heavy atom. The van der Waals surface area contributed by atoms with Crippen LogP contribution in [0.2, 0.25) is 5.02 Å². The van der Waals surface area contributed by atoms with Crippen molar-refractivity contribution in [2.45, 2.75) is 19.9 Å². The number of thioether (sulfide) groups is 1. The van der Waals surface area contributed by atoms with Crippen LogP contribution in [0.3, 0.4) is 0 Å². The molecule has 2 aromatic rings. The number of hydrogen-bond acceptors (Lipinski definition) is 5. The summed E-state index contributed by atoms with van der Waals surface area (Å²) >= 11 is 6.91. The molecule has 3 rings (SSSR count). The summed E-state index contributed by atoms with van der Waals surface area (Å²) in [6.45, 7) is 2.81. The van der Waals surface area contributed by atoms with E-state index in [4.69, 9.17) is 21.1 Å². The van der Waals surface area contributed by atoms with Gasteiger partial charge in [-0.2, -0.15) is 0 Å². The number of imide groups is 1. The summed E-state index contributed by atoms with van der Waals surface area (Å²) in [6.07, 6.45) is 2.58. The van der Waals surface area contributed by atoms with Gasteiger partial charge in [-0.1, -0.05) is 36.7 Å². The third-order valence-corrected chi connectivity index (χ3v) is 5.19. The maximum atomic E-state index is 12.7. The second kappa shape index (κ2) is 9.17. The summed E-state index contributed by atoms with van der Waals surface area (Å²) < 4.78 is 11.0. The summed E-state index contributed by atoms with van der Waals surface area (Å²) in [5, 5.41) is 0.267. The lowest BCUT2D eigenvalue weighted by Gasteiger charge is -2.12. The molecule has 5 nitrogen and oxygen atoms in total. The van der Waals surface area contributed by atoms with E-state index in [1.54, 1.807) is 43.5 Å². The largest absolute Gasteiger partial charge is 0.493 e. The summed E-state index contributed by atoms with van der Waals surface area (Å²) in [4.78, 5) is 26.6. The molecule has 146 valence electrons. The predicted octanol–water partition coefficient (Wildman–Crippen LogP) is 5.37. The Morgan fingerprint density at radius 3 is 2.68 bits per heavy atom. The molecule has 0 N–H and O–H groups in total. The number of nitrogens with zero attached hydrogens (tertiary/aromatic N) is 1. The summed E-state index contributed by atoms with van der Waals surface area (Å²) in [7, 11) is 1.57. The molecule has 1 saturated heterocycles. The van der Waals surface area contributed by atoms with Gasteiger partial charge in [0.05, 0.1) is 25.2 Å². The number of methoxy groups -OCH3 is 1. The van der Waals surface area contributed by atoms with E-state index in [2.05, 4.69) is 0 Å². The summed E-state index contributed by atoms with van der Waals surface area (Å²) in [6, 6.07) is 12.5. The molecule has 0 bridgehead atoms. The average molecular weight is 418 g/mol. The second-order valence-electron chi connectivity index (χ2n) is 6.16. The van der Waals surface area contributed by atoms with Gasteiger partial charge in [-0.05, 0) is 59.7 Å². The maximum Gasteiger partial charge on any atom is 0.293 e. The van der Waals surface area contributed by atoms with Crippen molar-refractivity contribution in [2.75, 3.05) is 13.7 Å². The number of benzene rings is 2. The first-order valence-electron chi connectivity index (χ1n) is 8.82. The predicted molar refractivity (Wildman–Crippen MR) is 112 cm³/mol. The summed E-state index contributed by atoms with van der Waals surface area (Å²) in [5.41, 5.74) is 1.56. The molecule has 0 atom stereocenters. The van der Waals surface area contributed by atoms with E-state index in [0.29, 0.717) is 28.0 Å². The Balaban J connectivity index is 1.79. The molecular weight excluding hydrogens is 398 g/mol. The van der Waals surface area contributed by atoms with Crippen molar-refractivity contribution in [3.05, 3.63) is 63.5 Å². The Morgan fingerprint density at radius 1 is 1.14 bits per heavy atom. The fourth-order valence-corrected chi connectivity index (χ4v) is 3.76. The fourth-order valence-electron chi connectivity index (χ4n) is 2.71. The van der Waals surface area contributed by atoms with Crippen molar-refractivity contribution in [3.8, 4) is 11.5 Å². The van der Waals surface area contributed by atoms with Gasteiger partial charge in [-0.15, -0.1) is 0 Å². The first kappa shape index (κ1) is 20.3. The third-order valence-electron chi connectivity index (χ3n) is 4.05. The molecule has 0 spiro atoms. The van der Waals surface area contributed by atoms with Gasteiger partial charge in [-0.25, -0.2) is 0 Å². The lowest BCUT2D eigenvalue weighted by molar-refractivity contribution is -0.123. The quantitative estimate of drug-likeness (QED) is 0.566. The van der Waals surface area contributed by atoms with Crippen LogP contribution in [-0.2, 0) is 11.3 Å². The molecule has 0 aromatic heterocycles. The van der Waals surface area contributed by atoms with Crippen molar-refractivity contribution in [1.29, 1.82) is 0 Å². The van der Waals surface area contributed by atoms with Gasteiger partial charge in [0, 0.05) is 5.02 Å². The topological polar surface area (TPSA) is 55.8 Å². The highest BCUT2D eigenvalue weighted by Crippen LogP contribution is 2.35. The molecule has 1 aliphatic heterocycles. The number of rotatable bonds is 7. The van der Waals surface area contributed by atoms with E-state index >= 15 is 0 Å². The van der Waals surface area contributed by atoms with Crippen LogP contribution in [-0.4, -0.2) is 29.8 Å². The Labute approximate surface area is 173 Å². The summed E-state index contributed by atoms with van der Waals surface area (Å²) in [5.74, 6) is 0.913. The minimum absolute atomic E-state index is 0.190. The van der Waals surface area contributed by atoms with Gasteiger partial charge in [0.25, 0.3) is 11.1 Å². The Kier molecular flexibility index (Phi) is 6.65. The van der Waals surface area contributed by atoms with Crippen LogP contribution in [0.15, 0.2) is 47.4 Å². The first-order chi connectivity index (χ1) is 13.5. The van der Waals surface area contributed by atoms with Crippen molar-refractivity contribution < 1.29 is 19.1 Å². The highest BCUT2D eigenvalue weighted by Gasteiger charge is 2.35. The number of carbonyl (C=O) groups is 2. The molecule has 1 heterocycles. The van der Waals surface area contributed by atoms with Gasteiger partial charge >= 0.3 is 0 Å². The molecule has 1 fully saturated rings. The van der Waals surface area contributed by atoms with Crippen LogP contribution >= 0.6 is 23.4 Å². The Hall–Kier alpha value is -2.44. The highest BCUT2D eigenvalue weighted by molar-refractivity contribution is 8.18. The lowest BCUT2D eigenvalue weighted by atomic mass is 10.1. The van der Waals surface area contributed by atoms with E-state index < -0.39 is 0 Å². The van der Waals surface area contributed by atoms with Crippen LogP contribution in [0.5, 0.6) is 11.5 Å².